The number of carbonyl (C=O) groups excluding carboxylic acids is 1. The molecule has 8 nitrogen and oxygen atoms in total. The first-order valence-electron chi connectivity index (χ1n) is 11.2. The summed E-state index contributed by atoms with van der Waals surface area (Å²) in [6.07, 6.45) is 2.35. The molecule has 2 heterocycles. The van der Waals surface area contributed by atoms with Gasteiger partial charge in [-0.25, -0.2) is 9.97 Å². The van der Waals surface area contributed by atoms with Crippen LogP contribution in [-0.2, 0) is 6.42 Å². The Balaban J connectivity index is 1.53. The van der Waals surface area contributed by atoms with E-state index in [0.29, 0.717) is 40.9 Å². The number of methoxy groups -OCH3 is 1. The van der Waals surface area contributed by atoms with E-state index in [0.717, 1.165) is 11.1 Å². The summed E-state index contributed by atoms with van der Waals surface area (Å²) in [5.74, 6) is 0.568. The summed E-state index contributed by atoms with van der Waals surface area (Å²) in [5.41, 5.74) is 10.8. The van der Waals surface area contributed by atoms with Crippen LogP contribution in [0.15, 0.2) is 84.0 Å². The Morgan fingerprint density at radius 1 is 1.03 bits per heavy atom. The van der Waals surface area contributed by atoms with E-state index in [2.05, 4.69) is 10.4 Å². The lowest BCUT2D eigenvalue weighted by molar-refractivity contribution is 0.0956. The van der Waals surface area contributed by atoms with Gasteiger partial charge in [-0.3, -0.25) is 4.79 Å². The first-order chi connectivity index (χ1) is 17.1. The van der Waals surface area contributed by atoms with Gasteiger partial charge in [-0.15, -0.1) is 0 Å². The molecule has 35 heavy (non-hydrogen) atoms. The number of ether oxygens (including phenoxy) is 1. The molecule has 0 spiro atoms. The van der Waals surface area contributed by atoms with Gasteiger partial charge in [0, 0.05) is 6.54 Å². The zero-order valence-electron chi connectivity index (χ0n) is 19.2. The third-order valence-electron chi connectivity index (χ3n) is 5.66. The minimum atomic E-state index is -0.316. The maximum absolute atomic E-state index is 13.2. The van der Waals surface area contributed by atoms with Crippen LogP contribution >= 0.6 is 0 Å². The molecular formula is C27H24N6O2. The second kappa shape index (κ2) is 9.64. The Morgan fingerprint density at radius 2 is 1.77 bits per heavy atom. The molecular weight excluding hydrogens is 440 g/mol. The smallest absolute Gasteiger partial charge is 0.257 e. The maximum atomic E-state index is 13.2. The van der Waals surface area contributed by atoms with E-state index in [-0.39, 0.29) is 17.3 Å². The van der Waals surface area contributed by atoms with E-state index >= 15 is 0 Å². The van der Waals surface area contributed by atoms with E-state index in [1.165, 1.54) is 4.68 Å². The van der Waals surface area contributed by atoms with Crippen molar-refractivity contribution in [3.8, 4) is 5.75 Å². The number of aromatic nitrogens is 3. The SMILES string of the molecule is COc1cccc(C=Nn2c(N)c(C(=O)NCCc3ccccc3)c3nc4ccccc4nc32)c1. The molecule has 3 aromatic carbocycles. The number of nitrogens with zero attached hydrogens (tertiary/aromatic N) is 4. The summed E-state index contributed by atoms with van der Waals surface area (Å²) in [4.78, 5) is 22.7. The second-order valence-corrected chi connectivity index (χ2v) is 7.97. The average Bonchev–Trinajstić information content (AvgIpc) is 3.16. The molecule has 0 saturated carbocycles. The van der Waals surface area contributed by atoms with Gasteiger partial charge in [0.15, 0.2) is 5.65 Å². The molecule has 0 aliphatic carbocycles. The van der Waals surface area contributed by atoms with Crippen LogP contribution in [0.3, 0.4) is 0 Å². The van der Waals surface area contributed by atoms with Crippen LogP contribution < -0.4 is 15.8 Å². The fourth-order valence-electron chi connectivity index (χ4n) is 3.89. The number of para-hydroxylation sites is 2. The fourth-order valence-corrected chi connectivity index (χ4v) is 3.89. The van der Waals surface area contributed by atoms with E-state index in [9.17, 15) is 4.79 Å². The van der Waals surface area contributed by atoms with Crippen molar-refractivity contribution in [3.05, 3.63) is 95.6 Å². The molecule has 5 aromatic rings. The van der Waals surface area contributed by atoms with Gasteiger partial charge in [-0.2, -0.15) is 9.78 Å². The molecule has 0 aliphatic rings. The van der Waals surface area contributed by atoms with Crippen molar-refractivity contribution in [2.75, 3.05) is 19.4 Å². The molecule has 1 amide bonds. The number of amides is 1. The predicted molar refractivity (Wildman–Crippen MR) is 138 cm³/mol. The summed E-state index contributed by atoms with van der Waals surface area (Å²) in [6.45, 7) is 0.461. The Labute approximate surface area is 202 Å². The van der Waals surface area contributed by atoms with Gasteiger partial charge in [0.2, 0.25) is 0 Å². The standard InChI is InChI=1S/C27H24N6O2/c1-35-20-11-7-10-19(16-20)17-30-33-25(28)23(27(34)29-15-14-18-8-3-2-4-9-18)24-26(33)32-22-13-6-5-12-21(22)31-24/h2-13,16-17H,14-15,28H2,1H3,(H,29,34). The largest absolute Gasteiger partial charge is 0.497 e. The first-order valence-corrected chi connectivity index (χ1v) is 11.2. The molecule has 2 aromatic heterocycles. The molecule has 3 N–H and O–H groups in total. The summed E-state index contributed by atoms with van der Waals surface area (Å²) >= 11 is 0. The highest BCUT2D eigenvalue weighted by molar-refractivity contribution is 6.10. The zero-order chi connectivity index (χ0) is 24.2. The molecule has 0 aliphatic heterocycles. The Bertz CT molecular complexity index is 1540. The van der Waals surface area contributed by atoms with Crippen LogP contribution in [0.4, 0.5) is 5.82 Å². The van der Waals surface area contributed by atoms with Crippen LogP contribution in [0.25, 0.3) is 22.2 Å². The monoisotopic (exact) mass is 464 g/mol. The molecule has 0 saturated heterocycles. The van der Waals surface area contributed by atoms with Gasteiger partial charge in [0.25, 0.3) is 5.91 Å². The normalized spacial score (nSPS) is 11.3. The lowest BCUT2D eigenvalue weighted by atomic mass is 10.1. The molecule has 5 rings (SSSR count). The van der Waals surface area contributed by atoms with Crippen molar-refractivity contribution < 1.29 is 9.53 Å². The Kier molecular flexibility index (Phi) is 6.09. The molecule has 0 fully saturated rings. The average molecular weight is 465 g/mol. The molecule has 0 unspecified atom stereocenters. The molecule has 8 heteroatoms. The van der Waals surface area contributed by atoms with E-state index in [4.69, 9.17) is 20.4 Å². The minimum absolute atomic E-state index is 0.173. The number of benzene rings is 3. The number of hydrogen-bond acceptors (Lipinski definition) is 6. The Hall–Kier alpha value is -4.72. The third kappa shape index (κ3) is 4.54. The van der Waals surface area contributed by atoms with Crippen LogP contribution in [0.2, 0.25) is 0 Å². The summed E-state index contributed by atoms with van der Waals surface area (Å²) in [6, 6.07) is 24.9. The van der Waals surface area contributed by atoms with Gasteiger partial charge in [0.1, 0.15) is 22.6 Å². The summed E-state index contributed by atoms with van der Waals surface area (Å²) in [5, 5.41) is 7.51. The van der Waals surface area contributed by atoms with E-state index in [1.807, 2.05) is 78.9 Å². The number of anilines is 1. The van der Waals surface area contributed by atoms with Gasteiger partial charge >= 0.3 is 0 Å². The maximum Gasteiger partial charge on any atom is 0.257 e. The zero-order valence-corrected chi connectivity index (χ0v) is 19.2. The molecule has 0 atom stereocenters. The number of carbonyl (C=O) groups is 1. The third-order valence-corrected chi connectivity index (χ3v) is 5.66. The molecule has 174 valence electrons. The van der Waals surface area contributed by atoms with E-state index < -0.39 is 0 Å². The predicted octanol–water partition coefficient (Wildman–Crippen LogP) is 4.03. The van der Waals surface area contributed by atoms with Crippen LogP contribution in [-0.4, -0.2) is 40.4 Å². The van der Waals surface area contributed by atoms with Crippen LogP contribution in [0, 0.1) is 0 Å². The van der Waals surface area contributed by atoms with Crippen molar-refractivity contribution in [3.63, 3.8) is 0 Å². The molecule has 0 radical (unpaired) electrons. The highest BCUT2D eigenvalue weighted by Crippen LogP contribution is 2.28. The van der Waals surface area contributed by atoms with Gasteiger partial charge in [-0.1, -0.05) is 54.6 Å². The number of hydrogen-bond donors (Lipinski definition) is 2. The van der Waals surface area contributed by atoms with Crippen molar-refractivity contribution in [1.29, 1.82) is 0 Å². The lowest BCUT2D eigenvalue weighted by Crippen LogP contribution is -2.26. The van der Waals surface area contributed by atoms with Crippen molar-refractivity contribution >= 4 is 40.1 Å². The first kappa shape index (κ1) is 22.1. The van der Waals surface area contributed by atoms with Crippen molar-refractivity contribution in [2.24, 2.45) is 5.10 Å². The quantitative estimate of drug-likeness (QED) is 0.354. The fraction of sp³-hybridized carbons (Fsp3) is 0.111. The topological polar surface area (TPSA) is 107 Å². The minimum Gasteiger partial charge on any atom is -0.497 e. The lowest BCUT2D eigenvalue weighted by Gasteiger charge is -2.06. The van der Waals surface area contributed by atoms with Gasteiger partial charge in [0.05, 0.1) is 24.4 Å². The second-order valence-electron chi connectivity index (χ2n) is 7.97. The van der Waals surface area contributed by atoms with Gasteiger partial charge in [-0.05, 0) is 41.8 Å². The number of nitrogens with two attached hydrogens (primary N) is 1. The van der Waals surface area contributed by atoms with Gasteiger partial charge < -0.3 is 15.8 Å². The number of nitrogen functional groups attached to an aromatic ring is 1. The molecule has 0 bridgehead atoms. The van der Waals surface area contributed by atoms with E-state index in [1.54, 1.807) is 13.3 Å². The summed E-state index contributed by atoms with van der Waals surface area (Å²) in [7, 11) is 1.61. The van der Waals surface area contributed by atoms with Crippen LogP contribution in [0.5, 0.6) is 5.75 Å². The highest BCUT2D eigenvalue weighted by atomic mass is 16.5. The van der Waals surface area contributed by atoms with Crippen LogP contribution in [0.1, 0.15) is 21.5 Å². The summed E-state index contributed by atoms with van der Waals surface area (Å²) < 4.78 is 6.74. The number of rotatable bonds is 7. The number of nitrogens with one attached hydrogen (secondary N) is 1. The Morgan fingerprint density at radius 3 is 2.54 bits per heavy atom. The highest BCUT2D eigenvalue weighted by Gasteiger charge is 2.23. The van der Waals surface area contributed by atoms with Crippen molar-refractivity contribution in [1.82, 2.24) is 20.0 Å². The van der Waals surface area contributed by atoms with Crippen molar-refractivity contribution in [2.45, 2.75) is 6.42 Å². The number of fused-ring (bicyclic) bond motifs is 2.